The fraction of sp³-hybridized carbons (Fsp3) is 0.0204. The van der Waals surface area contributed by atoms with Gasteiger partial charge in [-0.1, -0.05) is 84.9 Å². The number of aromatic nitrogens is 3. The van der Waals surface area contributed by atoms with Crippen LogP contribution in [-0.4, -0.2) is 15.0 Å². The van der Waals surface area contributed by atoms with Crippen LogP contribution in [0.4, 0.5) is 34.1 Å². The zero-order valence-corrected chi connectivity index (χ0v) is 31.4. The van der Waals surface area contributed by atoms with Crippen LogP contribution in [0.2, 0.25) is 0 Å². The van der Waals surface area contributed by atoms with Gasteiger partial charge in [0.05, 0.1) is 26.8 Å². The molecule has 0 unspecified atom stereocenters. The van der Waals surface area contributed by atoms with Crippen LogP contribution in [0.15, 0.2) is 204 Å². The van der Waals surface area contributed by atoms with E-state index in [1.807, 2.05) is 59.9 Å². The molecule has 0 atom stereocenters. The Morgan fingerprint density at radius 2 is 0.982 bits per heavy atom. The van der Waals surface area contributed by atoms with Gasteiger partial charge in [-0.2, -0.15) is 4.80 Å². The van der Waals surface area contributed by atoms with Crippen molar-refractivity contribution in [3.63, 3.8) is 0 Å². The summed E-state index contributed by atoms with van der Waals surface area (Å²) in [6, 6.07) is 67.7. The fourth-order valence-corrected chi connectivity index (χ4v) is 8.93. The molecule has 0 bridgehead atoms. The molecule has 8 aromatic carbocycles. The van der Waals surface area contributed by atoms with Gasteiger partial charge in [-0.3, -0.25) is 9.98 Å². The maximum Gasteiger partial charge on any atom is 0.166 e. The van der Waals surface area contributed by atoms with Gasteiger partial charge >= 0.3 is 0 Å². The quantitative estimate of drug-likeness (QED) is 0.155. The summed E-state index contributed by atoms with van der Waals surface area (Å²) in [5.41, 5.74) is 10.2. The predicted molar refractivity (Wildman–Crippen MR) is 233 cm³/mol. The van der Waals surface area contributed by atoms with E-state index < -0.39 is 0 Å². The fourth-order valence-electron chi connectivity index (χ4n) is 7.75. The minimum absolute atomic E-state index is 0.232. The first kappa shape index (κ1) is 33.0. The molecule has 7 nitrogen and oxygen atoms in total. The van der Waals surface area contributed by atoms with Gasteiger partial charge in [0.1, 0.15) is 11.0 Å². The third-order valence-corrected chi connectivity index (χ3v) is 11.7. The van der Waals surface area contributed by atoms with Crippen molar-refractivity contribution in [2.24, 2.45) is 9.98 Å². The van der Waals surface area contributed by atoms with Crippen LogP contribution in [0.3, 0.4) is 0 Å². The average Bonchev–Trinajstić information content (AvgIpc) is 4.01. The number of hydrogen-bond acceptors (Lipinski definition) is 7. The van der Waals surface area contributed by atoms with E-state index in [1.165, 1.54) is 20.2 Å². The lowest BCUT2D eigenvalue weighted by Crippen LogP contribution is -2.19. The van der Waals surface area contributed by atoms with E-state index >= 15 is 0 Å². The Kier molecular flexibility index (Phi) is 7.93. The molecule has 1 aliphatic heterocycles. The van der Waals surface area contributed by atoms with Crippen molar-refractivity contribution in [3.8, 4) is 5.69 Å². The highest BCUT2D eigenvalue weighted by Gasteiger charge is 2.21. The van der Waals surface area contributed by atoms with E-state index in [0.717, 1.165) is 67.1 Å². The van der Waals surface area contributed by atoms with Crippen LogP contribution in [0.5, 0.6) is 0 Å². The second-order valence-electron chi connectivity index (χ2n) is 14.0. The van der Waals surface area contributed by atoms with E-state index in [-0.39, 0.29) is 6.17 Å². The van der Waals surface area contributed by atoms with Gasteiger partial charge in [0.25, 0.3) is 0 Å². The molecule has 0 saturated heterocycles. The summed E-state index contributed by atoms with van der Waals surface area (Å²) in [5.74, 6) is 0. The first-order valence-electron chi connectivity index (χ1n) is 18.9. The summed E-state index contributed by atoms with van der Waals surface area (Å²) in [4.78, 5) is 16.1. The third kappa shape index (κ3) is 5.91. The summed E-state index contributed by atoms with van der Waals surface area (Å²) in [7, 11) is 0. The first-order valence-corrected chi connectivity index (χ1v) is 19.7. The molecular formula is C49H33N7S. The van der Waals surface area contributed by atoms with Crippen LogP contribution in [0.25, 0.3) is 36.9 Å². The van der Waals surface area contributed by atoms with E-state index in [0.29, 0.717) is 0 Å². The summed E-state index contributed by atoms with van der Waals surface area (Å²) in [6.45, 7) is 0. The highest BCUT2D eigenvalue weighted by atomic mass is 32.1. The normalized spacial score (nSPS) is 12.4. The Labute approximate surface area is 332 Å². The highest BCUT2D eigenvalue weighted by Crippen LogP contribution is 2.46. The molecule has 0 fully saturated rings. The molecule has 11 rings (SSSR count). The Morgan fingerprint density at radius 1 is 0.439 bits per heavy atom. The van der Waals surface area contributed by atoms with Crippen LogP contribution < -0.4 is 20.5 Å². The standard InChI is InChI=1S/C49H33N7S/c1-3-12-34(13-4-1)54(36-26-28-38(29-27-36)56-52-44-19-9-10-20-45(44)53-56)39-30-31-47-41(32-39)40-16-11-21-46(48(40)57-47)55(35-14-5-2-6-15-35)37-24-22-33(23-25-37)49-50-42-17-7-8-18-43(42)51-49/h1-32,49H. The predicted octanol–water partition coefficient (Wildman–Crippen LogP) is 11.7. The molecule has 1 aliphatic rings. The minimum Gasteiger partial charge on any atom is -0.310 e. The van der Waals surface area contributed by atoms with Gasteiger partial charge in [-0.25, -0.2) is 0 Å². The van der Waals surface area contributed by atoms with Crippen molar-refractivity contribution in [3.05, 3.63) is 210 Å². The van der Waals surface area contributed by atoms with E-state index in [1.54, 1.807) is 4.80 Å². The minimum atomic E-state index is -0.232. The van der Waals surface area contributed by atoms with Crippen molar-refractivity contribution < 1.29 is 0 Å². The van der Waals surface area contributed by atoms with Gasteiger partial charge in [0.15, 0.2) is 6.17 Å². The Bertz CT molecular complexity index is 3130. The Morgan fingerprint density at radius 3 is 1.65 bits per heavy atom. The number of para-hydroxylation sites is 4. The average molecular weight is 752 g/mol. The molecule has 2 aromatic heterocycles. The van der Waals surface area contributed by atoms with Crippen molar-refractivity contribution in [2.45, 2.75) is 6.17 Å². The largest absolute Gasteiger partial charge is 0.310 e. The summed E-state index contributed by atoms with van der Waals surface area (Å²) in [5, 5.41) is 13.7. The summed E-state index contributed by atoms with van der Waals surface area (Å²) < 4.78 is 2.46. The zero-order chi connectivity index (χ0) is 37.7. The molecule has 0 saturated carbocycles. The SMILES string of the molecule is c1ccc(N(c2ccc(-n3nc4ccccc4n3)cc2)c2ccc3sc4c(N(c5ccccc5)c5ccc(C6N=c7ccccc7=N6)cc5)cccc4c3c2)cc1. The number of benzene rings is 8. The van der Waals surface area contributed by atoms with E-state index in [2.05, 4.69) is 155 Å². The Balaban J connectivity index is 0.990. The Hall–Kier alpha value is -7.42. The second-order valence-corrected chi connectivity index (χ2v) is 15.0. The molecule has 0 spiro atoms. The van der Waals surface area contributed by atoms with Crippen LogP contribution in [0.1, 0.15) is 11.7 Å². The van der Waals surface area contributed by atoms with E-state index in [4.69, 9.17) is 20.2 Å². The lowest BCUT2D eigenvalue weighted by atomic mass is 10.1. The van der Waals surface area contributed by atoms with Gasteiger partial charge in [0.2, 0.25) is 0 Å². The van der Waals surface area contributed by atoms with Crippen LogP contribution >= 0.6 is 11.3 Å². The monoisotopic (exact) mass is 751 g/mol. The topological polar surface area (TPSA) is 61.9 Å². The van der Waals surface area contributed by atoms with Crippen LogP contribution in [0, 0.1) is 0 Å². The number of nitrogens with zero attached hydrogens (tertiary/aromatic N) is 7. The van der Waals surface area contributed by atoms with Crippen LogP contribution in [-0.2, 0) is 0 Å². The number of thiophene rings is 1. The zero-order valence-electron chi connectivity index (χ0n) is 30.6. The third-order valence-electron chi connectivity index (χ3n) is 10.5. The number of hydrogen-bond donors (Lipinski definition) is 0. The summed E-state index contributed by atoms with van der Waals surface area (Å²) in [6.07, 6.45) is -0.232. The molecular weight excluding hydrogens is 719 g/mol. The molecule has 10 aromatic rings. The van der Waals surface area contributed by atoms with Gasteiger partial charge in [-0.15, -0.1) is 21.5 Å². The van der Waals surface area contributed by atoms with Gasteiger partial charge in [0, 0.05) is 43.9 Å². The molecule has 0 aliphatic carbocycles. The maximum absolute atomic E-state index is 4.87. The molecule has 3 heterocycles. The van der Waals surface area contributed by atoms with Gasteiger partial charge < -0.3 is 9.80 Å². The van der Waals surface area contributed by atoms with Gasteiger partial charge in [-0.05, 0) is 115 Å². The first-order chi connectivity index (χ1) is 28.2. The van der Waals surface area contributed by atoms with Crippen molar-refractivity contribution in [1.29, 1.82) is 0 Å². The number of rotatable bonds is 8. The second kappa shape index (κ2) is 13.7. The highest BCUT2D eigenvalue weighted by molar-refractivity contribution is 7.26. The van der Waals surface area contributed by atoms with E-state index in [9.17, 15) is 0 Å². The lowest BCUT2D eigenvalue weighted by Gasteiger charge is -2.26. The molecule has 0 N–H and O–H groups in total. The van der Waals surface area contributed by atoms with Crippen molar-refractivity contribution in [1.82, 2.24) is 15.0 Å². The van der Waals surface area contributed by atoms with Crippen molar-refractivity contribution >= 4 is 76.7 Å². The maximum atomic E-state index is 4.87. The molecule has 0 radical (unpaired) electrons. The molecule has 0 amide bonds. The molecule has 270 valence electrons. The molecule has 57 heavy (non-hydrogen) atoms. The van der Waals surface area contributed by atoms with Crippen molar-refractivity contribution in [2.75, 3.05) is 9.80 Å². The lowest BCUT2D eigenvalue weighted by molar-refractivity contribution is 0.766. The summed E-state index contributed by atoms with van der Waals surface area (Å²) >= 11 is 1.83. The number of fused-ring (bicyclic) bond motifs is 5. The smallest absolute Gasteiger partial charge is 0.166 e. The molecule has 8 heteroatoms. The number of anilines is 6.